The Morgan fingerprint density at radius 2 is 2.22 bits per heavy atom. The van der Waals surface area contributed by atoms with Gasteiger partial charge in [0.2, 0.25) is 5.91 Å². The molecule has 126 valence electrons. The number of piperidine rings is 3. The quantitative estimate of drug-likeness (QED) is 0.669. The maximum atomic E-state index is 12.8. The van der Waals surface area contributed by atoms with Crippen molar-refractivity contribution in [2.24, 2.45) is 11.8 Å². The smallest absolute Gasteiger partial charge is 0.231 e. The molecule has 0 aliphatic carbocycles. The summed E-state index contributed by atoms with van der Waals surface area (Å²) in [5.41, 5.74) is 4.81. The maximum Gasteiger partial charge on any atom is 0.231 e. The third kappa shape index (κ3) is 2.87. The normalized spacial score (nSPS) is 33.3. The zero-order valence-electron chi connectivity index (χ0n) is 13.8. The van der Waals surface area contributed by atoms with E-state index in [0.29, 0.717) is 24.4 Å². The van der Waals surface area contributed by atoms with Gasteiger partial charge in [0, 0.05) is 25.9 Å². The van der Waals surface area contributed by atoms with Crippen LogP contribution in [0.25, 0.3) is 0 Å². The molecule has 0 spiro atoms. The number of aromatic nitrogens is 3. The van der Waals surface area contributed by atoms with Crippen LogP contribution < -0.4 is 10.6 Å². The second-order valence-corrected chi connectivity index (χ2v) is 7.41. The molecule has 4 aliphatic heterocycles. The number of likely N-dealkylation sites (tertiary alicyclic amines) is 1. The summed E-state index contributed by atoms with van der Waals surface area (Å²) in [7, 11) is 0. The van der Waals surface area contributed by atoms with E-state index in [1.165, 1.54) is 25.8 Å². The summed E-state index contributed by atoms with van der Waals surface area (Å²) >= 11 is 0. The first-order valence-electron chi connectivity index (χ1n) is 9.06. The van der Waals surface area contributed by atoms with Gasteiger partial charge in [-0.2, -0.15) is 0 Å². The van der Waals surface area contributed by atoms with Crippen LogP contribution in [0.5, 0.6) is 0 Å². The molecule has 4 fully saturated rings. The average Bonchev–Trinajstić information content (AvgIpc) is 3.26. The second-order valence-electron chi connectivity index (χ2n) is 7.41. The Morgan fingerprint density at radius 1 is 1.39 bits per heavy atom. The highest BCUT2D eigenvalue weighted by Gasteiger charge is 2.47. The summed E-state index contributed by atoms with van der Waals surface area (Å²) in [5, 5.41) is 8.36. The molecule has 4 saturated heterocycles. The number of carbonyl (C=O) groups is 1. The molecule has 5 heterocycles. The first-order valence-corrected chi connectivity index (χ1v) is 9.06. The van der Waals surface area contributed by atoms with Gasteiger partial charge in [-0.1, -0.05) is 5.21 Å². The Hall–Kier alpha value is -1.47. The van der Waals surface area contributed by atoms with Gasteiger partial charge in [-0.25, -0.2) is 4.68 Å². The van der Waals surface area contributed by atoms with Crippen molar-refractivity contribution in [3.8, 4) is 0 Å². The molecule has 7 heteroatoms. The van der Waals surface area contributed by atoms with E-state index in [1.807, 2.05) is 10.9 Å². The summed E-state index contributed by atoms with van der Waals surface area (Å²) < 4.78 is 1.97. The number of quaternary nitrogens is 2. The Kier molecular flexibility index (Phi) is 4.07. The Morgan fingerprint density at radius 3 is 2.87 bits per heavy atom. The number of carbonyl (C=O) groups excluding carboxylic acids is 1. The van der Waals surface area contributed by atoms with E-state index >= 15 is 0 Å². The molecule has 0 saturated carbocycles. The lowest BCUT2D eigenvalue weighted by Crippen LogP contribution is -3.20. The minimum atomic E-state index is 0.263. The molecule has 4 aliphatic rings. The first-order chi connectivity index (χ1) is 11.2. The van der Waals surface area contributed by atoms with Crippen molar-refractivity contribution in [3.05, 3.63) is 11.9 Å². The fourth-order valence-corrected chi connectivity index (χ4v) is 4.74. The van der Waals surface area contributed by atoms with Crippen LogP contribution in [0.3, 0.4) is 0 Å². The second kappa shape index (κ2) is 6.20. The van der Waals surface area contributed by atoms with E-state index in [0.717, 1.165) is 38.3 Å². The lowest BCUT2D eigenvalue weighted by atomic mass is 9.75. The van der Waals surface area contributed by atoms with Crippen molar-refractivity contribution in [3.63, 3.8) is 0 Å². The zero-order chi connectivity index (χ0) is 15.8. The maximum absolute atomic E-state index is 12.8. The van der Waals surface area contributed by atoms with Crippen LogP contribution in [0.2, 0.25) is 0 Å². The van der Waals surface area contributed by atoms with Crippen LogP contribution >= 0.6 is 0 Å². The van der Waals surface area contributed by atoms with E-state index in [-0.39, 0.29) is 5.92 Å². The Bertz CT molecular complexity index is 567. The molecule has 0 radical (unpaired) electrons. The number of nitrogens with zero attached hydrogens (tertiary/aromatic N) is 4. The van der Waals surface area contributed by atoms with Crippen LogP contribution in [0.1, 0.15) is 31.4 Å². The van der Waals surface area contributed by atoms with Crippen molar-refractivity contribution < 1.29 is 15.4 Å². The molecule has 5 rings (SSSR count). The summed E-state index contributed by atoms with van der Waals surface area (Å²) in [6.07, 6.45) is 6.74. The Balaban J connectivity index is 1.40. The molecule has 2 bridgehead atoms. The molecular weight excluding hydrogens is 292 g/mol. The summed E-state index contributed by atoms with van der Waals surface area (Å²) in [6, 6.07) is 0.579. The largest absolute Gasteiger partial charge is 0.352 e. The lowest BCUT2D eigenvalue weighted by molar-refractivity contribution is -0.945. The van der Waals surface area contributed by atoms with E-state index < -0.39 is 0 Å². The molecule has 1 aromatic heterocycles. The fraction of sp³-hybridized carbons (Fsp3) is 0.812. The van der Waals surface area contributed by atoms with Gasteiger partial charge >= 0.3 is 0 Å². The third-order valence-electron chi connectivity index (χ3n) is 6.04. The highest BCUT2D eigenvalue weighted by molar-refractivity contribution is 5.79. The van der Waals surface area contributed by atoms with Gasteiger partial charge in [0.1, 0.15) is 18.3 Å². The van der Waals surface area contributed by atoms with Crippen molar-refractivity contribution in [1.29, 1.82) is 0 Å². The molecule has 23 heavy (non-hydrogen) atoms. The van der Waals surface area contributed by atoms with Crippen LogP contribution in [0.4, 0.5) is 0 Å². The molecule has 4 atom stereocenters. The Labute approximate surface area is 136 Å². The fourth-order valence-electron chi connectivity index (χ4n) is 4.74. The lowest BCUT2D eigenvalue weighted by Gasteiger charge is -2.46. The standard InChI is InChI=1S/C16H26N6O/c17-8-13-9-22(19-18-13)10-14-7-12-3-6-21(14)11-15(12)16(23)20-4-1-2-5-20/h9,12,14-15H,1-8,10-11,17H2/p+2/t12-,14-,15+/m1/s1. The van der Waals surface area contributed by atoms with Crippen molar-refractivity contribution in [2.75, 3.05) is 26.2 Å². The number of rotatable bonds is 4. The van der Waals surface area contributed by atoms with Gasteiger partial charge in [-0.05, 0) is 18.8 Å². The van der Waals surface area contributed by atoms with Crippen LogP contribution in [-0.4, -0.2) is 58.0 Å². The van der Waals surface area contributed by atoms with Crippen LogP contribution in [-0.2, 0) is 17.9 Å². The van der Waals surface area contributed by atoms with Crippen LogP contribution in [0, 0.1) is 11.8 Å². The number of fused-ring (bicyclic) bond motifs is 3. The van der Waals surface area contributed by atoms with Gasteiger partial charge in [-0.15, -0.1) is 5.10 Å². The minimum absolute atomic E-state index is 0.263. The highest BCUT2D eigenvalue weighted by atomic mass is 16.2. The first kappa shape index (κ1) is 15.1. The number of hydrogen-bond donors (Lipinski definition) is 2. The summed E-state index contributed by atoms with van der Waals surface area (Å²) in [4.78, 5) is 16.5. The monoisotopic (exact) mass is 320 g/mol. The molecule has 1 unspecified atom stereocenters. The van der Waals surface area contributed by atoms with Gasteiger partial charge in [-0.3, -0.25) is 4.79 Å². The van der Waals surface area contributed by atoms with E-state index in [2.05, 4.69) is 20.9 Å². The van der Waals surface area contributed by atoms with E-state index in [4.69, 9.17) is 0 Å². The minimum Gasteiger partial charge on any atom is -0.352 e. The highest BCUT2D eigenvalue weighted by Crippen LogP contribution is 2.29. The molecule has 0 aromatic carbocycles. The number of nitrogens with one attached hydrogen (secondary N) is 1. The van der Waals surface area contributed by atoms with E-state index in [9.17, 15) is 4.79 Å². The van der Waals surface area contributed by atoms with Crippen LogP contribution in [0.15, 0.2) is 6.20 Å². The summed E-state index contributed by atoms with van der Waals surface area (Å²) in [5.74, 6) is 1.27. The van der Waals surface area contributed by atoms with Crippen molar-refractivity contribution in [1.82, 2.24) is 19.9 Å². The average molecular weight is 320 g/mol. The van der Waals surface area contributed by atoms with Gasteiger partial charge in [0.05, 0.1) is 31.7 Å². The molecule has 1 amide bonds. The molecular formula is C16H28N6O+2. The molecule has 7 nitrogen and oxygen atoms in total. The predicted octanol–water partition coefficient (Wildman–Crippen LogP) is -2.06. The number of amides is 1. The third-order valence-corrected chi connectivity index (χ3v) is 6.04. The van der Waals surface area contributed by atoms with E-state index in [1.54, 1.807) is 4.90 Å². The predicted molar refractivity (Wildman–Crippen MR) is 83.1 cm³/mol. The number of hydrogen-bond acceptors (Lipinski definition) is 3. The SMILES string of the molecule is [NH3+]Cc1cn(C[C@H]2C[C@H]3CC[NH+]2C[C@@H]3C(=O)N2CCCC2)nn1. The van der Waals surface area contributed by atoms with Crippen molar-refractivity contribution >= 4 is 5.91 Å². The van der Waals surface area contributed by atoms with Crippen molar-refractivity contribution in [2.45, 2.75) is 44.8 Å². The zero-order valence-corrected chi connectivity index (χ0v) is 13.8. The van der Waals surface area contributed by atoms with Gasteiger partial charge in [0.25, 0.3) is 0 Å². The summed E-state index contributed by atoms with van der Waals surface area (Å²) in [6.45, 7) is 5.79. The van der Waals surface area contributed by atoms with Gasteiger partial charge in [0.15, 0.2) is 0 Å². The van der Waals surface area contributed by atoms with Gasteiger partial charge < -0.3 is 15.5 Å². The molecule has 4 N–H and O–H groups in total. The topological polar surface area (TPSA) is 83.1 Å². The molecule has 1 aromatic rings.